The third-order valence-electron chi connectivity index (χ3n) is 3.09. The number of benzene rings is 1. The minimum absolute atomic E-state index is 0.265. The van der Waals surface area contributed by atoms with Gasteiger partial charge in [-0.1, -0.05) is 0 Å². The van der Waals surface area contributed by atoms with Crippen molar-refractivity contribution in [2.24, 2.45) is 0 Å². The standard InChI is InChI=1S/C16H19NO3S/c1-4-20-16(18)14(15-11(2)9-10-21-15)17-12-5-7-13(19-3)8-6-12/h5-10,14,17H,4H2,1-3H3. The molecular weight excluding hydrogens is 286 g/mol. The van der Waals surface area contributed by atoms with E-state index < -0.39 is 6.04 Å². The second-order valence-corrected chi connectivity index (χ2v) is 5.47. The summed E-state index contributed by atoms with van der Waals surface area (Å²) >= 11 is 1.55. The van der Waals surface area contributed by atoms with E-state index in [1.165, 1.54) is 0 Å². The van der Waals surface area contributed by atoms with Gasteiger partial charge in [0, 0.05) is 10.6 Å². The van der Waals surface area contributed by atoms with Gasteiger partial charge in [-0.25, -0.2) is 4.79 Å². The maximum Gasteiger partial charge on any atom is 0.334 e. The number of ether oxygens (including phenoxy) is 2. The molecule has 0 spiro atoms. The van der Waals surface area contributed by atoms with Crippen LogP contribution in [0, 0.1) is 6.92 Å². The van der Waals surface area contributed by atoms with Crippen molar-refractivity contribution in [3.05, 3.63) is 46.2 Å². The lowest BCUT2D eigenvalue weighted by atomic mass is 10.1. The van der Waals surface area contributed by atoms with Crippen LogP contribution in [0.5, 0.6) is 5.75 Å². The summed E-state index contributed by atoms with van der Waals surface area (Å²) in [5, 5.41) is 5.22. The number of methoxy groups -OCH3 is 1. The van der Waals surface area contributed by atoms with Crippen LogP contribution in [0.1, 0.15) is 23.4 Å². The summed E-state index contributed by atoms with van der Waals surface area (Å²) < 4.78 is 10.3. The van der Waals surface area contributed by atoms with E-state index in [4.69, 9.17) is 9.47 Å². The molecule has 0 aliphatic rings. The number of hydrogen-bond donors (Lipinski definition) is 1. The summed E-state index contributed by atoms with van der Waals surface area (Å²) in [6.07, 6.45) is 0. The Bertz CT molecular complexity index is 592. The molecule has 1 heterocycles. The number of thiophene rings is 1. The molecule has 0 aliphatic heterocycles. The molecule has 112 valence electrons. The van der Waals surface area contributed by atoms with Crippen LogP contribution in [0.3, 0.4) is 0 Å². The van der Waals surface area contributed by atoms with Crippen molar-refractivity contribution in [1.29, 1.82) is 0 Å². The Balaban J connectivity index is 2.23. The zero-order valence-electron chi connectivity index (χ0n) is 12.4. The highest BCUT2D eigenvalue weighted by Gasteiger charge is 2.24. The van der Waals surface area contributed by atoms with Crippen molar-refractivity contribution in [2.75, 3.05) is 19.0 Å². The molecule has 1 N–H and O–H groups in total. The van der Waals surface area contributed by atoms with Gasteiger partial charge in [0.1, 0.15) is 5.75 Å². The molecule has 21 heavy (non-hydrogen) atoms. The second-order valence-electron chi connectivity index (χ2n) is 4.53. The largest absolute Gasteiger partial charge is 0.497 e. The number of rotatable bonds is 6. The molecule has 4 nitrogen and oxygen atoms in total. The van der Waals surface area contributed by atoms with Crippen LogP contribution < -0.4 is 10.1 Å². The fraction of sp³-hybridized carbons (Fsp3) is 0.312. The Kier molecular flexibility index (Phi) is 5.22. The minimum Gasteiger partial charge on any atom is -0.497 e. The van der Waals surface area contributed by atoms with Crippen molar-refractivity contribution >= 4 is 23.0 Å². The fourth-order valence-corrected chi connectivity index (χ4v) is 2.96. The minimum atomic E-state index is -0.488. The predicted octanol–water partition coefficient (Wildman–Crippen LogP) is 3.78. The molecule has 1 aromatic carbocycles. The summed E-state index contributed by atoms with van der Waals surface area (Å²) in [6, 6.07) is 8.99. The van der Waals surface area contributed by atoms with Crippen LogP contribution in [-0.4, -0.2) is 19.7 Å². The molecule has 0 amide bonds. The summed E-state index contributed by atoms with van der Waals surface area (Å²) in [5.74, 6) is 0.513. The van der Waals surface area contributed by atoms with Crippen LogP contribution in [0.2, 0.25) is 0 Å². The van der Waals surface area contributed by atoms with Crippen molar-refractivity contribution in [2.45, 2.75) is 19.9 Å². The summed E-state index contributed by atoms with van der Waals surface area (Å²) in [4.78, 5) is 13.2. The van der Waals surface area contributed by atoms with Gasteiger partial charge in [0.25, 0.3) is 0 Å². The van der Waals surface area contributed by atoms with Crippen LogP contribution >= 0.6 is 11.3 Å². The Morgan fingerprint density at radius 1 is 1.29 bits per heavy atom. The fourth-order valence-electron chi connectivity index (χ4n) is 1.99. The van der Waals surface area contributed by atoms with Gasteiger partial charge in [0.05, 0.1) is 13.7 Å². The average Bonchev–Trinajstić information content (AvgIpc) is 2.91. The summed E-state index contributed by atoms with van der Waals surface area (Å²) in [5.41, 5.74) is 1.93. The molecule has 0 radical (unpaired) electrons. The SMILES string of the molecule is CCOC(=O)C(Nc1ccc(OC)cc1)c1sccc1C. The maximum absolute atomic E-state index is 12.2. The third-order valence-corrected chi connectivity index (χ3v) is 4.17. The van der Waals surface area contributed by atoms with E-state index in [0.717, 1.165) is 21.9 Å². The van der Waals surface area contributed by atoms with Gasteiger partial charge in [0.15, 0.2) is 6.04 Å². The second kappa shape index (κ2) is 7.13. The van der Waals surface area contributed by atoms with Crippen molar-refractivity contribution < 1.29 is 14.3 Å². The Morgan fingerprint density at radius 2 is 2.00 bits per heavy atom. The first-order valence-electron chi connectivity index (χ1n) is 6.77. The molecule has 0 aliphatic carbocycles. The molecule has 1 aromatic heterocycles. The zero-order chi connectivity index (χ0) is 15.2. The lowest BCUT2D eigenvalue weighted by Gasteiger charge is -2.18. The van der Waals surface area contributed by atoms with Gasteiger partial charge in [-0.3, -0.25) is 0 Å². The third kappa shape index (κ3) is 3.76. The van der Waals surface area contributed by atoms with E-state index in [9.17, 15) is 4.79 Å². The first kappa shape index (κ1) is 15.4. The van der Waals surface area contributed by atoms with Crippen LogP contribution in [0.25, 0.3) is 0 Å². The maximum atomic E-state index is 12.2. The number of anilines is 1. The van der Waals surface area contributed by atoms with Crippen molar-refractivity contribution in [3.8, 4) is 5.75 Å². The van der Waals surface area contributed by atoms with Crippen molar-refractivity contribution in [1.82, 2.24) is 0 Å². The van der Waals surface area contributed by atoms with Gasteiger partial charge >= 0.3 is 5.97 Å². The molecule has 1 unspecified atom stereocenters. The van der Waals surface area contributed by atoms with Gasteiger partial charge in [-0.15, -0.1) is 11.3 Å². The topological polar surface area (TPSA) is 47.6 Å². The van der Waals surface area contributed by atoms with Crippen LogP contribution in [-0.2, 0) is 9.53 Å². The van der Waals surface area contributed by atoms with Crippen molar-refractivity contribution in [3.63, 3.8) is 0 Å². The van der Waals surface area contributed by atoms with Gasteiger partial charge in [0.2, 0.25) is 0 Å². The molecule has 2 aromatic rings. The average molecular weight is 305 g/mol. The molecule has 0 saturated carbocycles. The number of esters is 1. The normalized spacial score (nSPS) is 11.8. The number of carbonyl (C=O) groups is 1. The molecule has 5 heteroatoms. The first-order valence-corrected chi connectivity index (χ1v) is 7.65. The number of carbonyl (C=O) groups excluding carboxylic acids is 1. The zero-order valence-corrected chi connectivity index (χ0v) is 13.2. The summed E-state index contributed by atoms with van der Waals surface area (Å²) in [7, 11) is 1.62. The monoisotopic (exact) mass is 305 g/mol. The van der Waals surface area contributed by atoms with Gasteiger partial charge in [-0.05, 0) is 55.1 Å². The number of nitrogens with one attached hydrogen (secondary N) is 1. The molecular formula is C16H19NO3S. The highest BCUT2D eigenvalue weighted by Crippen LogP contribution is 2.29. The van der Waals surface area contributed by atoms with Gasteiger partial charge in [-0.2, -0.15) is 0 Å². The first-order chi connectivity index (χ1) is 10.2. The van der Waals surface area contributed by atoms with Gasteiger partial charge < -0.3 is 14.8 Å². The number of aryl methyl sites for hydroxylation is 1. The van der Waals surface area contributed by atoms with E-state index in [1.54, 1.807) is 18.4 Å². The lowest BCUT2D eigenvalue weighted by molar-refractivity contribution is -0.144. The Labute approximate surface area is 128 Å². The summed E-state index contributed by atoms with van der Waals surface area (Å²) in [6.45, 7) is 4.17. The molecule has 0 saturated heterocycles. The van der Waals surface area contributed by atoms with E-state index in [1.807, 2.05) is 49.6 Å². The predicted molar refractivity (Wildman–Crippen MR) is 85.0 cm³/mol. The molecule has 1 atom stereocenters. The van der Waals surface area contributed by atoms with E-state index in [2.05, 4.69) is 5.32 Å². The lowest BCUT2D eigenvalue weighted by Crippen LogP contribution is -2.23. The Morgan fingerprint density at radius 3 is 2.52 bits per heavy atom. The highest BCUT2D eigenvalue weighted by molar-refractivity contribution is 7.10. The van der Waals surface area contributed by atoms with Crippen LogP contribution in [0.4, 0.5) is 5.69 Å². The highest BCUT2D eigenvalue weighted by atomic mass is 32.1. The quantitative estimate of drug-likeness (QED) is 0.825. The van der Waals surface area contributed by atoms with E-state index in [-0.39, 0.29) is 5.97 Å². The number of hydrogen-bond acceptors (Lipinski definition) is 5. The molecule has 0 bridgehead atoms. The van der Waals surface area contributed by atoms with E-state index in [0.29, 0.717) is 6.61 Å². The molecule has 2 rings (SSSR count). The Hall–Kier alpha value is -2.01. The molecule has 0 fully saturated rings. The van der Waals surface area contributed by atoms with Crippen LogP contribution in [0.15, 0.2) is 35.7 Å². The van der Waals surface area contributed by atoms with E-state index >= 15 is 0 Å². The smallest absolute Gasteiger partial charge is 0.334 e.